The van der Waals surface area contributed by atoms with Gasteiger partial charge in [-0.05, 0) is 39.7 Å². The van der Waals surface area contributed by atoms with Crippen LogP contribution < -0.4 is 5.32 Å². The minimum absolute atomic E-state index is 0.0405. The van der Waals surface area contributed by atoms with E-state index in [0.29, 0.717) is 12.0 Å². The molecule has 0 aromatic carbocycles. The lowest BCUT2D eigenvalue weighted by molar-refractivity contribution is 0.0948. The highest BCUT2D eigenvalue weighted by Gasteiger charge is 2.16. The highest BCUT2D eigenvalue weighted by Crippen LogP contribution is 2.19. The average molecular weight is 236 g/mol. The summed E-state index contributed by atoms with van der Waals surface area (Å²) in [5, 5.41) is 2.97. The fourth-order valence-electron chi connectivity index (χ4n) is 2.19. The number of nitrogens with zero attached hydrogens (tertiary/aromatic N) is 1. The van der Waals surface area contributed by atoms with Crippen molar-refractivity contribution in [2.75, 3.05) is 6.54 Å². The second-order valence-electron chi connectivity index (χ2n) is 5.35. The van der Waals surface area contributed by atoms with Crippen LogP contribution >= 0.6 is 0 Å². The summed E-state index contributed by atoms with van der Waals surface area (Å²) in [7, 11) is 0. The predicted octanol–water partition coefficient (Wildman–Crippen LogP) is 3.07. The molecule has 0 unspecified atom stereocenters. The van der Waals surface area contributed by atoms with Gasteiger partial charge >= 0.3 is 0 Å². The molecule has 17 heavy (non-hydrogen) atoms. The van der Waals surface area contributed by atoms with Crippen molar-refractivity contribution in [3.05, 3.63) is 23.0 Å². The van der Waals surface area contributed by atoms with Crippen LogP contribution in [-0.4, -0.2) is 17.0 Å². The normalized spacial score (nSPS) is 11.3. The molecule has 0 aliphatic rings. The maximum Gasteiger partial charge on any atom is 0.253 e. The Morgan fingerprint density at radius 2 is 1.88 bits per heavy atom. The van der Waals surface area contributed by atoms with Crippen molar-refractivity contribution < 1.29 is 4.79 Å². The third kappa shape index (κ3) is 3.11. The molecule has 3 heteroatoms. The van der Waals surface area contributed by atoms with E-state index >= 15 is 0 Å². The first-order valence-corrected chi connectivity index (χ1v) is 6.31. The van der Waals surface area contributed by atoms with E-state index < -0.39 is 0 Å². The third-order valence-corrected chi connectivity index (χ3v) is 2.92. The van der Waals surface area contributed by atoms with Crippen molar-refractivity contribution >= 4 is 5.91 Å². The van der Waals surface area contributed by atoms with Crippen LogP contribution in [0.3, 0.4) is 0 Å². The molecule has 0 saturated heterocycles. The van der Waals surface area contributed by atoms with Crippen molar-refractivity contribution in [3.8, 4) is 0 Å². The number of amides is 1. The highest BCUT2D eigenvalue weighted by atomic mass is 16.1. The van der Waals surface area contributed by atoms with Crippen LogP contribution in [0.1, 0.15) is 55.5 Å². The van der Waals surface area contributed by atoms with Crippen LogP contribution in [0, 0.1) is 19.8 Å². The minimum Gasteiger partial charge on any atom is -0.352 e. The topological polar surface area (TPSA) is 34.0 Å². The monoisotopic (exact) mass is 236 g/mol. The zero-order valence-corrected chi connectivity index (χ0v) is 11.8. The number of aromatic nitrogens is 1. The summed E-state index contributed by atoms with van der Waals surface area (Å²) in [5.74, 6) is 0.520. The number of hydrogen-bond acceptors (Lipinski definition) is 1. The Morgan fingerprint density at radius 3 is 2.29 bits per heavy atom. The van der Waals surface area contributed by atoms with E-state index in [1.165, 1.54) is 0 Å². The van der Waals surface area contributed by atoms with Crippen molar-refractivity contribution in [2.45, 2.75) is 47.6 Å². The van der Waals surface area contributed by atoms with Gasteiger partial charge in [0.1, 0.15) is 0 Å². The quantitative estimate of drug-likeness (QED) is 0.856. The van der Waals surface area contributed by atoms with Gasteiger partial charge in [0, 0.05) is 24.0 Å². The number of carbonyl (C=O) groups excluding carboxylic acids is 1. The lowest BCUT2D eigenvalue weighted by Crippen LogP contribution is -2.27. The lowest BCUT2D eigenvalue weighted by atomic mass is 10.2. The largest absolute Gasteiger partial charge is 0.352 e. The summed E-state index contributed by atoms with van der Waals surface area (Å²) in [6, 6.07) is 2.37. The smallest absolute Gasteiger partial charge is 0.253 e. The molecular weight excluding hydrogens is 212 g/mol. The van der Waals surface area contributed by atoms with E-state index in [2.05, 4.69) is 37.6 Å². The molecule has 1 amide bonds. The van der Waals surface area contributed by atoms with Crippen LogP contribution in [-0.2, 0) is 0 Å². The Labute approximate surface area is 104 Å². The van der Waals surface area contributed by atoms with Gasteiger partial charge in [0.2, 0.25) is 0 Å². The number of hydrogen-bond donors (Lipinski definition) is 1. The summed E-state index contributed by atoms with van der Waals surface area (Å²) >= 11 is 0. The number of nitrogens with one attached hydrogen (secondary N) is 1. The molecule has 0 radical (unpaired) electrons. The molecule has 1 N–H and O–H groups in total. The molecule has 0 aliphatic heterocycles. The second kappa shape index (κ2) is 5.39. The fraction of sp³-hybridized carbons (Fsp3) is 0.643. The number of aryl methyl sites for hydroxylation is 1. The third-order valence-electron chi connectivity index (χ3n) is 2.92. The van der Waals surface area contributed by atoms with Gasteiger partial charge in [0.05, 0.1) is 5.56 Å². The maximum absolute atomic E-state index is 12.0. The van der Waals surface area contributed by atoms with Crippen molar-refractivity contribution in [1.29, 1.82) is 0 Å². The predicted molar refractivity (Wildman–Crippen MR) is 71.5 cm³/mol. The Kier molecular flexibility index (Phi) is 4.38. The maximum atomic E-state index is 12.0. The minimum atomic E-state index is 0.0405. The number of carbonyl (C=O) groups is 1. The van der Waals surface area contributed by atoms with Crippen LogP contribution in [0.15, 0.2) is 6.07 Å². The molecule has 0 bridgehead atoms. The van der Waals surface area contributed by atoms with E-state index in [0.717, 1.165) is 23.5 Å². The van der Waals surface area contributed by atoms with Gasteiger partial charge in [-0.2, -0.15) is 0 Å². The molecule has 1 heterocycles. The van der Waals surface area contributed by atoms with E-state index in [1.54, 1.807) is 0 Å². The Hall–Kier alpha value is -1.25. The summed E-state index contributed by atoms with van der Waals surface area (Å²) in [6.07, 6.45) is 0. The molecule has 0 fully saturated rings. The van der Waals surface area contributed by atoms with Gasteiger partial charge in [-0.3, -0.25) is 4.79 Å². The highest BCUT2D eigenvalue weighted by molar-refractivity contribution is 5.95. The molecular formula is C14H24N2O. The second-order valence-corrected chi connectivity index (χ2v) is 5.35. The summed E-state index contributed by atoms with van der Waals surface area (Å²) < 4.78 is 2.20. The van der Waals surface area contributed by atoms with Crippen LogP contribution in [0.4, 0.5) is 0 Å². The summed E-state index contributed by atoms with van der Waals surface area (Å²) in [4.78, 5) is 12.0. The zero-order chi connectivity index (χ0) is 13.2. The fourth-order valence-corrected chi connectivity index (χ4v) is 2.19. The molecule has 0 atom stereocenters. The van der Waals surface area contributed by atoms with Gasteiger partial charge in [0.15, 0.2) is 0 Å². The van der Waals surface area contributed by atoms with E-state index in [4.69, 9.17) is 0 Å². The molecule has 1 aromatic heterocycles. The molecule has 0 saturated carbocycles. The molecule has 1 rings (SSSR count). The lowest BCUT2D eigenvalue weighted by Gasteiger charge is -2.14. The van der Waals surface area contributed by atoms with Gasteiger partial charge in [-0.25, -0.2) is 0 Å². The first kappa shape index (κ1) is 13.8. The Bertz CT molecular complexity index is 403. The van der Waals surface area contributed by atoms with Crippen molar-refractivity contribution in [2.24, 2.45) is 5.92 Å². The summed E-state index contributed by atoms with van der Waals surface area (Å²) in [6.45, 7) is 13.2. The Morgan fingerprint density at radius 1 is 1.29 bits per heavy atom. The van der Waals surface area contributed by atoms with E-state index in [9.17, 15) is 4.79 Å². The first-order chi connectivity index (χ1) is 7.84. The molecule has 1 aromatic rings. The number of rotatable bonds is 4. The van der Waals surface area contributed by atoms with Gasteiger partial charge in [-0.1, -0.05) is 13.8 Å². The van der Waals surface area contributed by atoms with Crippen LogP contribution in [0.5, 0.6) is 0 Å². The molecule has 0 spiro atoms. The van der Waals surface area contributed by atoms with Crippen molar-refractivity contribution in [3.63, 3.8) is 0 Å². The molecule has 96 valence electrons. The van der Waals surface area contributed by atoms with Gasteiger partial charge in [0.25, 0.3) is 5.91 Å². The summed E-state index contributed by atoms with van der Waals surface area (Å²) in [5.41, 5.74) is 3.00. The van der Waals surface area contributed by atoms with Gasteiger partial charge < -0.3 is 9.88 Å². The van der Waals surface area contributed by atoms with Crippen molar-refractivity contribution in [1.82, 2.24) is 9.88 Å². The van der Waals surface area contributed by atoms with Crippen LogP contribution in [0.2, 0.25) is 0 Å². The standard InChI is InChI=1S/C14H24N2O/c1-9(2)8-15-14(17)13-7-11(5)16(10(3)4)12(13)6/h7,9-10H,8H2,1-6H3,(H,15,17). The van der Waals surface area contributed by atoms with Crippen LogP contribution in [0.25, 0.3) is 0 Å². The zero-order valence-electron chi connectivity index (χ0n) is 11.8. The average Bonchev–Trinajstić information content (AvgIpc) is 2.50. The first-order valence-electron chi connectivity index (χ1n) is 6.31. The van der Waals surface area contributed by atoms with E-state index in [-0.39, 0.29) is 5.91 Å². The Balaban J connectivity index is 2.92. The molecule has 0 aliphatic carbocycles. The SMILES string of the molecule is Cc1cc(C(=O)NCC(C)C)c(C)n1C(C)C. The molecule has 3 nitrogen and oxygen atoms in total. The van der Waals surface area contributed by atoms with Gasteiger partial charge in [-0.15, -0.1) is 0 Å². The van der Waals surface area contributed by atoms with E-state index in [1.807, 2.05) is 19.9 Å².